The second-order valence-corrected chi connectivity index (χ2v) is 6.67. The Morgan fingerprint density at radius 3 is 2.07 bits per heavy atom. The zero-order valence-electron chi connectivity index (χ0n) is 16.1. The van der Waals surface area contributed by atoms with Crippen molar-refractivity contribution in [3.8, 4) is 5.75 Å². The molecule has 2 aromatic carbocycles. The van der Waals surface area contributed by atoms with Crippen LogP contribution in [0.1, 0.15) is 11.1 Å². The van der Waals surface area contributed by atoms with E-state index in [2.05, 4.69) is 52.3 Å². The molecule has 29 heavy (non-hydrogen) atoms. The highest BCUT2D eigenvalue weighted by Gasteiger charge is 2.15. The number of benzene rings is 2. The van der Waals surface area contributed by atoms with Crippen molar-refractivity contribution in [2.75, 3.05) is 32.7 Å². The minimum absolute atomic E-state index is 0.354. The largest absolute Gasteiger partial charge is 0.508 e. The molecule has 0 spiro atoms. The molecule has 0 bridgehead atoms. The number of carboxylic acid groups (broad SMARTS) is 2. The zero-order chi connectivity index (χ0) is 21.1. The third-order valence-corrected chi connectivity index (χ3v) is 4.44. The van der Waals surface area contributed by atoms with E-state index >= 15 is 0 Å². The van der Waals surface area contributed by atoms with Crippen LogP contribution in [-0.2, 0) is 16.1 Å². The Labute approximate surface area is 170 Å². The van der Waals surface area contributed by atoms with Crippen LogP contribution in [0.5, 0.6) is 5.75 Å². The average Bonchev–Trinajstić information content (AvgIpc) is 2.71. The molecule has 0 atom stereocenters. The van der Waals surface area contributed by atoms with Gasteiger partial charge in [0.2, 0.25) is 0 Å². The maximum absolute atomic E-state index is 9.54. The van der Waals surface area contributed by atoms with E-state index in [0.717, 1.165) is 39.3 Å². The number of aliphatic carboxylic acids is 2. The van der Waals surface area contributed by atoms with E-state index in [4.69, 9.17) is 19.8 Å². The topological polar surface area (TPSA) is 101 Å². The summed E-state index contributed by atoms with van der Waals surface area (Å²) < 4.78 is 0. The maximum atomic E-state index is 9.54. The van der Waals surface area contributed by atoms with Gasteiger partial charge in [-0.2, -0.15) is 0 Å². The zero-order valence-corrected chi connectivity index (χ0v) is 16.1. The lowest BCUT2D eigenvalue weighted by Gasteiger charge is -2.34. The van der Waals surface area contributed by atoms with Crippen molar-refractivity contribution in [1.82, 2.24) is 9.80 Å². The molecule has 0 unspecified atom stereocenters. The van der Waals surface area contributed by atoms with E-state index < -0.39 is 11.9 Å². The standard InChI is InChI=1S/C20H24N2O.C2H2O4/c23-20-10-4-8-19(16-20)17-22-14-12-21(13-15-22)11-5-9-18-6-2-1-3-7-18;3-1(4)2(5)6/h1-10,16,23H,11-15,17H2;(H,3,4)(H,5,6)/b9-5+;. The molecule has 0 saturated carbocycles. The lowest BCUT2D eigenvalue weighted by Crippen LogP contribution is -2.45. The molecule has 1 saturated heterocycles. The van der Waals surface area contributed by atoms with Crippen LogP contribution in [-0.4, -0.2) is 69.8 Å². The number of phenols is 1. The molecular weight excluding hydrogens is 372 g/mol. The number of carbonyl (C=O) groups is 2. The van der Waals surface area contributed by atoms with Crippen LogP contribution >= 0.6 is 0 Å². The molecular formula is C22H26N2O5. The number of piperazine rings is 1. The van der Waals surface area contributed by atoms with Crippen molar-refractivity contribution < 1.29 is 24.9 Å². The van der Waals surface area contributed by atoms with E-state index in [1.54, 1.807) is 6.07 Å². The molecule has 0 radical (unpaired) electrons. The molecule has 1 aliphatic heterocycles. The van der Waals surface area contributed by atoms with Crippen LogP contribution < -0.4 is 0 Å². The molecule has 2 aromatic rings. The number of carboxylic acids is 2. The Morgan fingerprint density at radius 2 is 1.48 bits per heavy atom. The summed E-state index contributed by atoms with van der Waals surface area (Å²) in [7, 11) is 0. The Bertz CT molecular complexity index is 803. The van der Waals surface area contributed by atoms with Crippen molar-refractivity contribution in [2.45, 2.75) is 6.54 Å². The molecule has 154 valence electrons. The summed E-state index contributed by atoms with van der Waals surface area (Å²) in [6, 6.07) is 18.0. The van der Waals surface area contributed by atoms with Crippen molar-refractivity contribution >= 4 is 18.0 Å². The molecule has 0 amide bonds. The Hall–Kier alpha value is -3.16. The lowest BCUT2D eigenvalue weighted by molar-refractivity contribution is -0.159. The first-order valence-electron chi connectivity index (χ1n) is 9.34. The predicted molar refractivity (Wildman–Crippen MR) is 111 cm³/mol. The third kappa shape index (κ3) is 8.59. The predicted octanol–water partition coefficient (Wildman–Crippen LogP) is 2.38. The van der Waals surface area contributed by atoms with Gasteiger partial charge >= 0.3 is 11.9 Å². The van der Waals surface area contributed by atoms with E-state index in [-0.39, 0.29) is 0 Å². The SMILES string of the molecule is O=C(O)C(=O)O.Oc1cccc(CN2CCN(C/C=C/c3ccccc3)CC2)c1. The summed E-state index contributed by atoms with van der Waals surface area (Å²) in [5, 5.41) is 24.3. The summed E-state index contributed by atoms with van der Waals surface area (Å²) in [6.45, 7) is 6.27. The van der Waals surface area contributed by atoms with Gasteiger partial charge in [-0.15, -0.1) is 0 Å². The highest BCUT2D eigenvalue weighted by molar-refractivity contribution is 6.27. The molecule has 1 heterocycles. The van der Waals surface area contributed by atoms with Gasteiger partial charge in [0.15, 0.2) is 0 Å². The van der Waals surface area contributed by atoms with Crippen LogP contribution in [0.2, 0.25) is 0 Å². The van der Waals surface area contributed by atoms with E-state index in [9.17, 15) is 5.11 Å². The number of hydrogen-bond donors (Lipinski definition) is 3. The fraction of sp³-hybridized carbons (Fsp3) is 0.273. The Balaban J connectivity index is 0.000000438. The van der Waals surface area contributed by atoms with Gasteiger partial charge in [-0.05, 0) is 23.3 Å². The number of nitrogens with zero attached hydrogens (tertiary/aromatic N) is 2. The number of rotatable bonds is 5. The van der Waals surface area contributed by atoms with Crippen LogP contribution in [0.25, 0.3) is 6.08 Å². The molecule has 3 rings (SSSR count). The molecule has 3 N–H and O–H groups in total. The van der Waals surface area contributed by atoms with Gasteiger partial charge in [0.05, 0.1) is 0 Å². The second-order valence-electron chi connectivity index (χ2n) is 6.67. The van der Waals surface area contributed by atoms with E-state index in [0.29, 0.717) is 5.75 Å². The van der Waals surface area contributed by atoms with Crippen LogP contribution in [0.15, 0.2) is 60.7 Å². The molecule has 1 aliphatic rings. The molecule has 0 aromatic heterocycles. The first kappa shape index (κ1) is 22.1. The highest BCUT2D eigenvalue weighted by atomic mass is 16.4. The quantitative estimate of drug-likeness (QED) is 0.665. The molecule has 0 aliphatic carbocycles. The Morgan fingerprint density at radius 1 is 0.862 bits per heavy atom. The van der Waals surface area contributed by atoms with Crippen molar-refractivity contribution in [3.05, 3.63) is 71.8 Å². The summed E-state index contributed by atoms with van der Waals surface area (Å²) in [5.74, 6) is -3.29. The van der Waals surface area contributed by atoms with Gasteiger partial charge in [0.25, 0.3) is 0 Å². The first-order chi connectivity index (χ1) is 13.9. The van der Waals surface area contributed by atoms with E-state index in [1.807, 2.05) is 18.2 Å². The summed E-state index contributed by atoms with van der Waals surface area (Å²) in [6.07, 6.45) is 4.44. The molecule has 1 fully saturated rings. The van der Waals surface area contributed by atoms with Gasteiger partial charge in [0, 0.05) is 39.3 Å². The van der Waals surface area contributed by atoms with Gasteiger partial charge in [-0.1, -0.05) is 54.6 Å². The first-order valence-corrected chi connectivity index (χ1v) is 9.34. The van der Waals surface area contributed by atoms with Crippen molar-refractivity contribution in [2.24, 2.45) is 0 Å². The number of hydrogen-bond acceptors (Lipinski definition) is 5. The normalized spacial score (nSPS) is 14.9. The van der Waals surface area contributed by atoms with Gasteiger partial charge in [-0.3, -0.25) is 9.80 Å². The fourth-order valence-electron chi connectivity index (χ4n) is 2.95. The van der Waals surface area contributed by atoms with Gasteiger partial charge in [-0.25, -0.2) is 9.59 Å². The average molecular weight is 398 g/mol. The second kappa shape index (κ2) is 11.6. The monoisotopic (exact) mass is 398 g/mol. The summed E-state index contributed by atoms with van der Waals surface area (Å²) >= 11 is 0. The lowest BCUT2D eigenvalue weighted by atomic mass is 10.2. The molecule has 7 nitrogen and oxygen atoms in total. The molecule has 7 heteroatoms. The Kier molecular flexibility index (Phi) is 8.88. The van der Waals surface area contributed by atoms with Crippen LogP contribution in [0, 0.1) is 0 Å². The highest BCUT2D eigenvalue weighted by Crippen LogP contribution is 2.14. The van der Waals surface area contributed by atoms with Crippen LogP contribution in [0.4, 0.5) is 0 Å². The number of phenolic OH excluding ortho intramolecular Hbond substituents is 1. The maximum Gasteiger partial charge on any atom is 0.414 e. The smallest absolute Gasteiger partial charge is 0.414 e. The van der Waals surface area contributed by atoms with Crippen molar-refractivity contribution in [1.29, 1.82) is 0 Å². The summed E-state index contributed by atoms with van der Waals surface area (Å²) in [5.41, 5.74) is 2.44. The fourth-order valence-corrected chi connectivity index (χ4v) is 2.95. The minimum atomic E-state index is -1.82. The van der Waals surface area contributed by atoms with E-state index in [1.165, 1.54) is 11.1 Å². The van der Waals surface area contributed by atoms with Crippen LogP contribution in [0.3, 0.4) is 0 Å². The third-order valence-electron chi connectivity index (χ3n) is 4.44. The van der Waals surface area contributed by atoms with Gasteiger partial charge < -0.3 is 15.3 Å². The number of aromatic hydroxyl groups is 1. The summed E-state index contributed by atoms with van der Waals surface area (Å²) in [4.78, 5) is 23.1. The van der Waals surface area contributed by atoms with Gasteiger partial charge in [0.1, 0.15) is 5.75 Å². The minimum Gasteiger partial charge on any atom is -0.508 e. The van der Waals surface area contributed by atoms with Crippen molar-refractivity contribution in [3.63, 3.8) is 0 Å².